The van der Waals surface area contributed by atoms with Crippen molar-refractivity contribution in [1.29, 1.82) is 0 Å². The number of hydrogen-bond donors (Lipinski definition) is 4. The van der Waals surface area contributed by atoms with Gasteiger partial charge >= 0.3 is 23.9 Å². The molecule has 0 saturated heterocycles. The first kappa shape index (κ1) is 78.4. The molecule has 582 valence electrons. The van der Waals surface area contributed by atoms with Crippen molar-refractivity contribution >= 4 is 81.8 Å². The molecular weight excluding hydrogens is 1360 g/mol. The van der Waals surface area contributed by atoms with Crippen molar-refractivity contribution in [3.8, 4) is 0 Å². The van der Waals surface area contributed by atoms with Crippen molar-refractivity contribution in [2.75, 3.05) is 35.5 Å². The van der Waals surface area contributed by atoms with Gasteiger partial charge in [-0.15, -0.1) is 0 Å². The van der Waals surface area contributed by atoms with Crippen molar-refractivity contribution in [3.05, 3.63) is 107 Å². The van der Waals surface area contributed by atoms with Crippen LogP contribution in [0.1, 0.15) is 259 Å². The molecule has 3 aromatic carbocycles. The Morgan fingerprint density at radius 3 is 1.10 bits per heavy atom. The Bertz CT molecular complexity index is 3990. The zero-order valence-corrected chi connectivity index (χ0v) is 67.0. The van der Waals surface area contributed by atoms with Crippen LogP contribution in [0.25, 0.3) is 0 Å². The number of ketones is 2. The highest BCUT2D eigenvalue weighted by Crippen LogP contribution is 2.78. The minimum atomic E-state index is -0.589. The number of carbonyl (C=O) groups is 10. The second-order valence-corrected chi connectivity index (χ2v) is 38.9. The average Bonchev–Trinajstić information content (AvgIpc) is 0.677. The van der Waals surface area contributed by atoms with E-state index in [1.807, 2.05) is 26.0 Å². The van der Waals surface area contributed by atoms with Crippen LogP contribution in [-0.4, -0.2) is 85.5 Å². The topological polar surface area (TPSA) is 256 Å². The van der Waals surface area contributed by atoms with Gasteiger partial charge in [0.05, 0.1) is 37.9 Å². The molecule has 0 aromatic heterocycles. The van der Waals surface area contributed by atoms with E-state index in [1.165, 1.54) is 31.4 Å². The molecule has 3 aromatic rings. The Balaban J connectivity index is 0.540. The molecule has 0 aliphatic heterocycles. The first-order valence-electron chi connectivity index (χ1n) is 40.2. The molecular formula is C90H118N4O14. The number of rotatable bonds is 16. The van der Waals surface area contributed by atoms with Gasteiger partial charge < -0.3 is 40.2 Å². The summed E-state index contributed by atoms with van der Waals surface area (Å²) in [6.07, 6.45) is 18.0. The Morgan fingerprint density at radius 2 is 0.750 bits per heavy atom. The fourth-order valence-electron chi connectivity index (χ4n) is 25.4. The van der Waals surface area contributed by atoms with Crippen LogP contribution in [0.5, 0.6) is 0 Å². The van der Waals surface area contributed by atoms with Crippen LogP contribution in [0.4, 0.5) is 22.7 Å². The Labute approximate surface area is 639 Å². The Hall–Kier alpha value is -7.76. The highest BCUT2D eigenvalue weighted by molar-refractivity contribution is 6.09. The van der Waals surface area contributed by atoms with E-state index in [0.29, 0.717) is 48.4 Å². The summed E-state index contributed by atoms with van der Waals surface area (Å²) < 4.78 is 23.2. The zero-order valence-electron chi connectivity index (χ0n) is 67.0. The zero-order chi connectivity index (χ0) is 78.1. The van der Waals surface area contributed by atoms with Gasteiger partial charge in [-0.3, -0.25) is 47.9 Å². The predicted octanol–water partition coefficient (Wildman–Crippen LogP) is 17.8. The highest BCUT2D eigenvalue weighted by Gasteiger charge is 2.73. The summed E-state index contributed by atoms with van der Waals surface area (Å²) in [4.78, 5) is 137. The number of benzene rings is 3. The van der Waals surface area contributed by atoms with Gasteiger partial charge in [0.25, 0.3) is 11.8 Å². The van der Waals surface area contributed by atoms with Gasteiger partial charge in [-0.05, 0) is 275 Å². The summed E-state index contributed by atoms with van der Waals surface area (Å²) in [6.45, 7) is 31.7. The molecule has 4 amide bonds. The molecule has 13 rings (SSSR count). The normalized spacial score (nSPS) is 38.1. The van der Waals surface area contributed by atoms with E-state index in [4.69, 9.17) is 18.9 Å². The van der Waals surface area contributed by atoms with Crippen LogP contribution in [-0.2, 0) is 57.3 Å². The third-order valence-electron chi connectivity index (χ3n) is 32.3. The number of carbonyl (C=O) groups excluding carboxylic acids is 10. The van der Waals surface area contributed by atoms with Crippen LogP contribution in [0.15, 0.2) is 96.1 Å². The maximum absolute atomic E-state index is 15.0. The molecule has 18 heteroatoms. The summed E-state index contributed by atoms with van der Waals surface area (Å²) in [7, 11) is 2.95. The number of fused-ring (bicyclic) bond motifs is 14. The van der Waals surface area contributed by atoms with E-state index in [-0.39, 0.29) is 163 Å². The molecule has 0 bridgehead atoms. The minimum absolute atomic E-state index is 0.0195. The van der Waals surface area contributed by atoms with E-state index in [1.54, 1.807) is 66.7 Å². The monoisotopic (exact) mass is 1480 g/mol. The fraction of sp³-hybridized carbons (Fsp3) is 0.644. The molecule has 0 heterocycles. The summed E-state index contributed by atoms with van der Waals surface area (Å²) in [5.41, 5.74) is 1.13. The smallest absolute Gasteiger partial charge is 0.311 e. The van der Waals surface area contributed by atoms with Crippen LogP contribution in [0, 0.1) is 100 Å². The van der Waals surface area contributed by atoms with Crippen LogP contribution in [0.2, 0.25) is 0 Å². The number of anilines is 4. The Kier molecular flexibility index (Phi) is 20.0. The fourth-order valence-corrected chi connectivity index (χ4v) is 25.4. The van der Waals surface area contributed by atoms with Gasteiger partial charge in [-0.25, -0.2) is 0 Å². The molecule has 8 fully saturated rings. The summed E-state index contributed by atoms with van der Waals surface area (Å²) in [6, 6.07) is 19.4. The highest BCUT2D eigenvalue weighted by atomic mass is 16.6. The number of esters is 4. The number of ether oxygens (including phenoxy) is 4. The maximum atomic E-state index is 15.0. The van der Waals surface area contributed by atoms with Crippen molar-refractivity contribution in [2.24, 2.45) is 100 Å². The van der Waals surface area contributed by atoms with Gasteiger partial charge in [0.1, 0.15) is 12.2 Å². The van der Waals surface area contributed by atoms with E-state index in [9.17, 15) is 47.9 Å². The van der Waals surface area contributed by atoms with Crippen molar-refractivity contribution in [2.45, 2.75) is 250 Å². The van der Waals surface area contributed by atoms with Crippen molar-refractivity contribution in [3.63, 3.8) is 0 Å². The molecule has 108 heavy (non-hydrogen) atoms. The molecule has 4 N–H and O–H groups in total. The average molecular weight is 1480 g/mol. The number of nitrogens with one attached hydrogen (secondary N) is 4. The number of methoxy groups -OCH3 is 2. The molecule has 0 unspecified atom stereocenters. The lowest BCUT2D eigenvalue weighted by Crippen LogP contribution is -2.66. The van der Waals surface area contributed by atoms with Crippen LogP contribution in [0.3, 0.4) is 0 Å². The van der Waals surface area contributed by atoms with E-state index in [0.717, 1.165) is 89.9 Å². The van der Waals surface area contributed by atoms with Gasteiger partial charge in [0.2, 0.25) is 11.8 Å². The number of hydrogen-bond acceptors (Lipinski definition) is 14. The summed E-state index contributed by atoms with van der Waals surface area (Å²) in [5, 5.41) is 11.4. The van der Waals surface area contributed by atoms with E-state index >= 15 is 0 Å². The molecule has 18 atom stereocenters. The summed E-state index contributed by atoms with van der Waals surface area (Å²) in [5.74, 6) is -2.41. The van der Waals surface area contributed by atoms with Gasteiger partial charge in [-0.1, -0.05) is 100 Å². The standard InChI is InChI=1S/C90H118N4O14/c1-79(2)65-32-38-89(13)73(63(95)49-59-61-51-83(7,77(103)105-15)42-40-81(61,5)44-46-87(59,89)11)85(65,9)36-34-67(79)107-71(99)30-28-69(97)91-55-20-24-57(25-21-55)93-75(101)53-18-17-19-54(48-53)76(102)94-58-26-22-56(23-27-58)92-70(98)29-31-72(100)108-68-35-37-86(10)66(80(68,3)4)33-39-90(14)74(86)64(96)50-60-62-52-84(8,78(104)106-16)43-41-82(62,6)45-47-88(60,90)12/h17-27,48-50,61-62,65-68,73-74H,28-47,51-52H2,1-16H3,(H,91,97)(H,92,98)(H,93,101)(H,94,102)/t61-,62-,65-,66-,67-,68-,73+,74+,81+,82+,83-,84-,85-,86-,87+,88+,89+,90+/m0/s1. The van der Waals surface area contributed by atoms with Gasteiger partial charge in [-0.2, -0.15) is 0 Å². The third-order valence-corrected chi connectivity index (χ3v) is 32.3. The number of allylic oxidation sites excluding steroid dienone is 4. The second-order valence-electron chi connectivity index (χ2n) is 38.9. The van der Waals surface area contributed by atoms with Crippen molar-refractivity contribution in [1.82, 2.24) is 0 Å². The van der Waals surface area contributed by atoms with E-state index in [2.05, 4.69) is 104 Å². The van der Waals surface area contributed by atoms with E-state index < -0.39 is 45.4 Å². The lowest BCUT2D eigenvalue weighted by atomic mass is 9.33. The second kappa shape index (κ2) is 27.6. The van der Waals surface area contributed by atoms with Crippen LogP contribution < -0.4 is 21.3 Å². The summed E-state index contributed by atoms with van der Waals surface area (Å²) >= 11 is 0. The maximum Gasteiger partial charge on any atom is 0.311 e. The lowest BCUT2D eigenvalue weighted by Gasteiger charge is -2.70. The molecule has 18 nitrogen and oxygen atoms in total. The quantitative estimate of drug-likeness (QED) is 0.0769. The molecule has 8 saturated carbocycles. The van der Waals surface area contributed by atoms with Gasteiger partial charge in [0.15, 0.2) is 11.6 Å². The molecule has 10 aliphatic carbocycles. The van der Waals surface area contributed by atoms with Crippen LogP contribution >= 0.6 is 0 Å². The molecule has 0 radical (unpaired) electrons. The largest absolute Gasteiger partial charge is 0.469 e. The first-order chi connectivity index (χ1) is 50.6. The Morgan fingerprint density at radius 1 is 0.407 bits per heavy atom. The minimum Gasteiger partial charge on any atom is -0.469 e. The first-order valence-corrected chi connectivity index (χ1v) is 40.2. The molecule has 0 spiro atoms. The molecule has 10 aliphatic rings. The predicted molar refractivity (Wildman–Crippen MR) is 414 cm³/mol. The SMILES string of the molecule is COC(=O)[C@@]1(C)CC[C@]2(C)CC[C@]3(C)C(=CC(=O)[C@@H]4[C@@]5(C)CC[C@H](OC(=O)CCC(=O)Nc6ccc(NC(=O)c7cccc(C(=O)Nc8ccc(NC(=O)CCC(=O)O[C@H]9CC[C@]%10(C)[C@H]%11C(=O)C=C%12[C@@H]%13C[C@@](C)(C(=O)OC)CC[C@]%13(C)CC[C@@]%12(C)[C@]%11(C)CC[C@H]%10C9(C)C)cc8)c7)cc6)C(C)(C)[C@@H]5CC[C@]43C)[C@@H]2C1. The number of amides is 4. The lowest BCUT2D eigenvalue weighted by molar-refractivity contribution is -0.211. The van der Waals surface area contributed by atoms with Crippen molar-refractivity contribution < 1.29 is 66.9 Å². The third kappa shape index (κ3) is 12.9. The van der Waals surface area contributed by atoms with Gasteiger partial charge in [0, 0.05) is 69.4 Å².